The van der Waals surface area contributed by atoms with E-state index in [4.69, 9.17) is 0 Å². The van der Waals surface area contributed by atoms with Gasteiger partial charge in [0, 0.05) is 23.2 Å². The Balaban J connectivity index is 1.74. The van der Waals surface area contributed by atoms with Gasteiger partial charge in [0.25, 0.3) is 0 Å². The molecule has 96 valence electrons. The van der Waals surface area contributed by atoms with E-state index in [0.29, 0.717) is 12.1 Å². The molecule has 0 aromatic carbocycles. The molecule has 0 saturated carbocycles. The Morgan fingerprint density at radius 1 is 1.53 bits per heavy atom. The number of likely N-dealkylation sites (tertiary alicyclic amines) is 1. The van der Waals surface area contributed by atoms with Crippen molar-refractivity contribution in [3.63, 3.8) is 0 Å². The monoisotopic (exact) mass is 253 g/mol. The summed E-state index contributed by atoms with van der Waals surface area (Å²) in [4.78, 5) is 8.07. The van der Waals surface area contributed by atoms with Crippen LogP contribution in [-0.2, 0) is 0 Å². The predicted octanol–water partition coefficient (Wildman–Crippen LogP) is 2.67. The van der Waals surface area contributed by atoms with Gasteiger partial charge in [-0.2, -0.15) is 0 Å². The summed E-state index contributed by atoms with van der Waals surface area (Å²) in [6, 6.07) is 1.13. The number of hydrogen-bond donors (Lipinski definition) is 1. The molecule has 2 rings (SSSR count). The lowest BCUT2D eigenvalue weighted by molar-refractivity contribution is 0.193. The van der Waals surface area contributed by atoms with Gasteiger partial charge in [-0.3, -0.25) is 4.98 Å². The van der Waals surface area contributed by atoms with E-state index in [1.54, 1.807) is 11.3 Å². The van der Waals surface area contributed by atoms with Crippen LogP contribution in [0.25, 0.3) is 0 Å². The molecule has 0 spiro atoms. The maximum absolute atomic E-state index is 4.14. The summed E-state index contributed by atoms with van der Waals surface area (Å²) < 4.78 is 0. The Bertz CT molecular complexity index is 304. The first-order chi connectivity index (χ1) is 8.29. The maximum atomic E-state index is 4.14. The van der Waals surface area contributed by atoms with Gasteiger partial charge in [0.15, 0.2) is 0 Å². The summed E-state index contributed by atoms with van der Waals surface area (Å²) in [5.74, 6) is 0. The van der Waals surface area contributed by atoms with E-state index < -0.39 is 0 Å². The van der Waals surface area contributed by atoms with Crippen molar-refractivity contribution >= 4 is 11.3 Å². The smallest absolute Gasteiger partial charge is 0.0794 e. The van der Waals surface area contributed by atoms with Gasteiger partial charge in [0.2, 0.25) is 0 Å². The van der Waals surface area contributed by atoms with E-state index in [-0.39, 0.29) is 0 Å². The minimum absolute atomic E-state index is 0.449. The highest BCUT2D eigenvalue weighted by Gasteiger charge is 2.20. The second-order valence-electron chi connectivity index (χ2n) is 4.91. The zero-order chi connectivity index (χ0) is 12.1. The van der Waals surface area contributed by atoms with Crippen molar-refractivity contribution in [1.29, 1.82) is 0 Å². The molecule has 1 atom stereocenters. The normalized spacial score (nSPS) is 20.6. The third-order valence-electron chi connectivity index (χ3n) is 3.49. The van der Waals surface area contributed by atoms with Crippen molar-refractivity contribution in [2.45, 2.75) is 45.2 Å². The Kier molecular flexibility index (Phi) is 4.95. The molecule has 4 heteroatoms. The fraction of sp³-hybridized carbons (Fsp3) is 0.769. The van der Waals surface area contributed by atoms with Crippen LogP contribution in [0.3, 0.4) is 0 Å². The minimum Gasteiger partial charge on any atom is -0.307 e. The SMILES string of the molecule is CCCN1CCC(NC(C)c2cncs2)CC1. The molecule has 1 N–H and O–H groups in total. The second kappa shape index (κ2) is 6.47. The highest BCUT2D eigenvalue weighted by molar-refractivity contribution is 7.09. The van der Waals surface area contributed by atoms with Gasteiger partial charge in [-0.1, -0.05) is 6.92 Å². The van der Waals surface area contributed by atoms with Crippen molar-refractivity contribution in [3.8, 4) is 0 Å². The summed E-state index contributed by atoms with van der Waals surface area (Å²) in [5, 5.41) is 3.73. The first-order valence-corrected chi connectivity index (χ1v) is 7.54. The third-order valence-corrected chi connectivity index (χ3v) is 4.45. The van der Waals surface area contributed by atoms with Gasteiger partial charge < -0.3 is 10.2 Å². The van der Waals surface area contributed by atoms with Crippen LogP contribution in [0.1, 0.15) is 44.0 Å². The van der Waals surface area contributed by atoms with Gasteiger partial charge in [-0.05, 0) is 45.8 Å². The molecule has 1 saturated heterocycles. The summed E-state index contributed by atoms with van der Waals surface area (Å²) in [6.07, 6.45) is 5.82. The van der Waals surface area contributed by atoms with Crippen LogP contribution in [-0.4, -0.2) is 35.6 Å². The molecule has 1 aliphatic heterocycles. The fourth-order valence-corrected chi connectivity index (χ4v) is 3.15. The fourth-order valence-electron chi connectivity index (χ4n) is 2.51. The van der Waals surface area contributed by atoms with E-state index in [1.807, 2.05) is 11.7 Å². The van der Waals surface area contributed by atoms with Crippen molar-refractivity contribution in [2.24, 2.45) is 0 Å². The van der Waals surface area contributed by atoms with Gasteiger partial charge in [-0.15, -0.1) is 11.3 Å². The zero-order valence-electron chi connectivity index (χ0n) is 10.9. The lowest BCUT2D eigenvalue weighted by Gasteiger charge is -2.33. The number of nitrogens with zero attached hydrogens (tertiary/aromatic N) is 2. The highest BCUT2D eigenvalue weighted by Crippen LogP contribution is 2.19. The molecule has 1 aromatic heterocycles. The van der Waals surface area contributed by atoms with Crippen molar-refractivity contribution in [2.75, 3.05) is 19.6 Å². The Morgan fingerprint density at radius 2 is 2.29 bits per heavy atom. The molecule has 0 radical (unpaired) electrons. The first-order valence-electron chi connectivity index (χ1n) is 6.66. The Morgan fingerprint density at radius 3 is 2.88 bits per heavy atom. The van der Waals surface area contributed by atoms with Gasteiger partial charge in [-0.25, -0.2) is 0 Å². The van der Waals surface area contributed by atoms with Crippen molar-refractivity contribution in [3.05, 3.63) is 16.6 Å². The summed E-state index contributed by atoms with van der Waals surface area (Å²) in [6.45, 7) is 8.26. The van der Waals surface area contributed by atoms with Crippen molar-refractivity contribution in [1.82, 2.24) is 15.2 Å². The zero-order valence-corrected chi connectivity index (χ0v) is 11.7. The Hall–Kier alpha value is -0.450. The van der Waals surface area contributed by atoms with Crippen LogP contribution >= 0.6 is 11.3 Å². The summed E-state index contributed by atoms with van der Waals surface area (Å²) >= 11 is 1.74. The van der Waals surface area contributed by atoms with E-state index in [0.717, 1.165) is 0 Å². The average Bonchev–Trinajstić information content (AvgIpc) is 2.86. The van der Waals surface area contributed by atoms with Gasteiger partial charge >= 0.3 is 0 Å². The van der Waals surface area contributed by atoms with Crippen LogP contribution in [0.2, 0.25) is 0 Å². The van der Waals surface area contributed by atoms with E-state index in [2.05, 4.69) is 29.0 Å². The van der Waals surface area contributed by atoms with Crippen LogP contribution in [0, 0.1) is 0 Å². The first kappa shape index (κ1) is 13.0. The molecular weight excluding hydrogens is 230 g/mol. The largest absolute Gasteiger partial charge is 0.307 e. The second-order valence-corrected chi connectivity index (χ2v) is 5.83. The quantitative estimate of drug-likeness (QED) is 0.874. The molecule has 1 fully saturated rings. The molecule has 0 bridgehead atoms. The average molecular weight is 253 g/mol. The van der Waals surface area contributed by atoms with Crippen LogP contribution in [0.5, 0.6) is 0 Å². The highest BCUT2D eigenvalue weighted by atomic mass is 32.1. The number of rotatable bonds is 5. The molecule has 1 unspecified atom stereocenters. The summed E-state index contributed by atoms with van der Waals surface area (Å²) in [5.41, 5.74) is 1.91. The van der Waals surface area contributed by atoms with Crippen LogP contribution in [0.4, 0.5) is 0 Å². The molecule has 2 heterocycles. The lowest BCUT2D eigenvalue weighted by Crippen LogP contribution is -2.43. The molecule has 0 aliphatic carbocycles. The third kappa shape index (κ3) is 3.76. The number of thiazole rings is 1. The molecular formula is C13H23N3S. The Labute approximate surface area is 108 Å². The predicted molar refractivity (Wildman–Crippen MR) is 73.4 cm³/mol. The molecule has 17 heavy (non-hydrogen) atoms. The molecule has 1 aliphatic rings. The number of hydrogen-bond acceptors (Lipinski definition) is 4. The number of aromatic nitrogens is 1. The molecule has 1 aromatic rings. The lowest BCUT2D eigenvalue weighted by atomic mass is 10.0. The number of piperidine rings is 1. The van der Waals surface area contributed by atoms with E-state index in [1.165, 1.54) is 43.8 Å². The van der Waals surface area contributed by atoms with Crippen molar-refractivity contribution < 1.29 is 0 Å². The standard InChI is InChI=1S/C13H23N3S/c1-3-6-16-7-4-12(5-8-16)15-11(2)13-9-14-10-17-13/h9-12,15H,3-8H2,1-2H3. The minimum atomic E-state index is 0.449. The molecule has 0 amide bonds. The maximum Gasteiger partial charge on any atom is 0.0794 e. The van der Waals surface area contributed by atoms with E-state index >= 15 is 0 Å². The van der Waals surface area contributed by atoms with Crippen LogP contribution in [0.15, 0.2) is 11.7 Å². The summed E-state index contributed by atoms with van der Waals surface area (Å²) in [7, 11) is 0. The van der Waals surface area contributed by atoms with Crippen LogP contribution < -0.4 is 5.32 Å². The van der Waals surface area contributed by atoms with Gasteiger partial charge in [0.05, 0.1) is 5.51 Å². The van der Waals surface area contributed by atoms with Gasteiger partial charge in [0.1, 0.15) is 0 Å². The van der Waals surface area contributed by atoms with E-state index in [9.17, 15) is 0 Å². The molecule has 3 nitrogen and oxygen atoms in total. The topological polar surface area (TPSA) is 28.2 Å². The number of nitrogens with one attached hydrogen (secondary N) is 1.